The van der Waals surface area contributed by atoms with Crippen LogP contribution in [-0.2, 0) is 11.3 Å². The van der Waals surface area contributed by atoms with E-state index in [0.29, 0.717) is 0 Å². The molecule has 20 heavy (non-hydrogen) atoms. The molecular formula is C15H28N4O. The summed E-state index contributed by atoms with van der Waals surface area (Å²) in [6.07, 6.45) is 2.59. The lowest BCUT2D eigenvalue weighted by Crippen LogP contribution is -2.37. The fourth-order valence-electron chi connectivity index (χ4n) is 2.92. The minimum absolute atomic E-state index is 0.0672. The molecule has 2 rings (SSSR count). The van der Waals surface area contributed by atoms with Crippen molar-refractivity contribution in [3.8, 4) is 0 Å². The maximum absolute atomic E-state index is 6.16. The Labute approximate surface area is 122 Å². The molecule has 0 bridgehead atoms. The molecule has 1 saturated heterocycles. The van der Waals surface area contributed by atoms with Crippen LogP contribution in [0.25, 0.3) is 0 Å². The Morgan fingerprint density at radius 2 is 2.00 bits per heavy atom. The van der Waals surface area contributed by atoms with Gasteiger partial charge in [0.05, 0.1) is 23.8 Å². The molecule has 0 radical (unpaired) electrons. The molecule has 0 amide bonds. The summed E-state index contributed by atoms with van der Waals surface area (Å²) in [4.78, 5) is 4.41. The number of hydrogen-bond donors (Lipinski definition) is 1. The van der Waals surface area contributed by atoms with E-state index in [1.807, 2.05) is 4.68 Å². The number of hydrogen-bond acceptors (Lipinski definition) is 4. The maximum Gasteiger partial charge on any atom is 0.141 e. The minimum atomic E-state index is -0.228. The summed E-state index contributed by atoms with van der Waals surface area (Å²) in [6.45, 7) is 15.7. The van der Waals surface area contributed by atoms with Crippen LogP contribution in [0.3, 0.4) is 0 Å². The smallest absolute Gasteiger partial charge is 0.141 e. The number of aromatic nitrogens is 3. The van der Waals surface area contributed by atoms with Crippen molar-refractivity contribution in [2.75, 3.05) is 0 Å². The fourth-order valence-corrected chi connectivity index (χ4v) is 2.92. The van der Waals surface area contributed by atoms with Crippen LogP contribution in [0, 0.1) is 0 Å². The highest BCUT2D eigenvalue weighted by atomic mass is 16.5. The molecule has 0 saturated carbocycles. The first-order chi connectivity index (χ1) is 9.00. The van der Waals surface area contributed by atoms with Crippen molar-refractivity contribution < 1.29 is 4.74 Å². The molecule has 114 valence electrons. The van der Waals surface area contributed by atoms with Crippen LogP contribution in [0.2, 0.25) is 0 Å². The molecule has 1 aliphatic heterocycles. The van der Waals surface area contributed by atoms with Gasteiger partial charge in [-0.25, -0.2) is 9.67 Å². The second kappa shape index (κ2) is 4.81. The van der Waals surface area contributed by atoms with Crippen molar-refractivity contribution in [1.82, 2.24) is 20.1 Å². The maximum atomic E-state index is 6.16. The molecule has 1 N–H and O–H groups in total. The van der Waals surface area contributed by atoms with Gasteiger partial charge in [-0.2, -0.15) is 5.10 Å². The second-order valence-electron chi connectivity index (χ2n) is 7.91. The lowest BCUT2D eigenvalue weighted by atomic mass is 9.94. The summed E-state index contributed by atoms with van der Waals surface area (Å²) in [5, 5.41) is 7.92. The van der Waals surface area contributed by atoms with Gasteiger partial charge in [0, 0.05) is 12.0 Å². The third-order valence-electron chi connectivity index (χ3n) is 3.75. The van der Waals surface area contributed by atoms with Crippen LogP contribution in [-0.4, -0.2) is 31.5 Å². The molecule has 0 aliphatic carbocycles. The molecule has 1 aliphatic rings. The molecule has 2 heterocycles. The monoisotopic (exact) mass is 280 g/mol. The molecular weight excluding hydrogens is 252 g/mol. The molecule has 5 heteroatoms. The van der Waals surface area contributed by atoms with Gasteiger partial charge >= 0.3 is 0 Å². The predicted molar refractivity (Wildman–Crippen MR) is 79.5 cm³/mol. The van der Waals surface area contributed by atoms with Gasteiger partial charge in [0.1, 0.15) is 12.2 Å². The molecule has 1 fully saturated rings. The Bertz CT molecular complexity index is 470. The van der Waals surface area contributed by atoms with E-state index < -0.39 is 0 Å². The van der Waals surface area contributed by atoms with Gasteiger partial charge in [-0.05, 0) is 48.5 Å². The van der Waals surface area contributed by atoms with Crippen molar-refractivity contribution in [3.05, 3.63) is 12.2 Å². The van der Waals surface area contributed by atoms with E-state index >= 15 is 0 Å². The van der Waals surface area contributed by atoms with Gasteiger partial charge in [0.15, 0.2) is 0 Å². The number of nitrogens with one attached hydrogen (secondary N) is 1. The first-order valence-electron chi connectivity index (χ1n) is 7.34. The molecule has 5 nitrogen and oxygen atoms in total. The fraction of sp³-hybridized carbons (Fsp3) is 0.867. The van der Waals surface area contributed by atoms with E-state index in [0.717, 1.165) is 18.8 Å². The van der Waals surface area contributed by atoms with E-state index in [2.05, 4.69) is 63.9 Å². The Balaban J connectivity index is 2.20. The van der Waals surface area contributed by atoms with Crippen LogP contribution in [0.4, 0.5) is 0 Å². The van der Waals surface area contributed by atoms with Crippen LogP contribution in [0.1, 0.15) is 66.8 Å². The van der Waals surface area contributed by atoms with Gasteiger partial charge < -0.3 is 10.1 Å². The van der Waals surface area contributed by atoms with Crippen LogP contribution < -0.4 is 5.32 Å². The lowest BCUT2D eigenvalue weighted by Gasteiger charge is -2.28. The van der Waals surface area contributed by atoms with Gasteiger partial charge in [-0.3, -0.25) is 0 Å². The Hall–Kier alpha value is -0.940. The Morgan fingerprint density at radius 3 is 2.50 bits per heavy atom. The van der Waals surface area contributed by atoms with Crippen molar-refractivity contribution in [2.24, 2.45) is 0 Å². The quantitative estimate of drug-likeness (QED) is 0.925. The van der Waals surface area contributed by atoms with Crippen molar-refractivity contribution in [2.45, 2.75) is 84.2 Å². The summed E-state index contributed by atoms with van der Waals surface area (Å²) >= 11 is 0. The zero-order valence-electron chi connectivity index (χ0n) is 13.8. The highest BCUT2D eigenvalue weighted by Gasteiger charge is 2.47. The lowest BCUT2D eigenvalue weighted by molar-refractivity contribution is -0.0740. The van der Waals surface area contributed by atoms with E-state index in [9.17, 15) is 0 Å². The number of ether oxygens (including phenoxy) is 1. The van der Waals surface area contributed by atoms with E-state index in [-0.39, 0.29) is 22.8 Å². The average molecular weight is 280 g/mol. The Kier molecular flexibility index (Phi) is 3.71. The molecule has 0 aromatic carbocycles. The van der Waals surface area contributed by atoms with Crippen molar-refractivity contribution >= 4 is 0 Å². The van der Waals surface area contributed by atoms with Crippen molar-refractivity contribution in [1.29, 1.82) is 0 Å². The molecule has 1 unspecified atom stereocenters. The van der Waals surface area contributed by atoms with E-state index in [4.69, 9.17) is 4.74 Å². The summed E-state index contributed by atoms with van der Waals surface area (Å²) in [5.41, 5.74) is -0.278. The van der Waals surface area contributed by atoms with Crippen molar-refractivity contribution in [3.63, 3.8) is 0 Å². The predicted octanol–water partition coefficient (Wildman–Crippen LogP) is 2.68. The number of rotatable bonds is 3. The van der Waals surface area contributed by atoms with E-state index in [1.54, 1.807) is 6.33 Å². The van der Waals surface area contributed by atoms with Gasteiger partial charge in [-0.1, -0.05) is 0 Å². The summed E-state index contributed by atoms with van der Waals surface area (Å²) in [6, 6.07) is 0.219. The SMILES string of the molecule is CC(C)(C)NCc1ncnn1C1CC(C)(C)OC1(C)C. The average Bonchev–Trinajstić information content (AvgIpc) is 2.75. The molecule has 1 aromatic heterocycles. The highest BCUT2D eigenvalue weighted by molar-refractivity contribution is 5.01. The second-order valence-corrected chi connectivity index (χ2v) is 7.91. The zero-order chi connectivity index (χ0) is 15.2. The first kappa shape index (κ1) is 15.4. The topological polar surface area (TPSA) is 52.0 Å². The van der Waals surface area contributed by atoms with Crippen LogP contribution in [0.15, 0.2) is 6.33 Å². The van der Waals surface area contributed by atoms with Crippen LogP contribution >= 0.6 is 0 Å². The van der Waals surface area contributed by atoms with Gasteiger partial charge in [-0.15, -0.1) is 0 Å². The molecule has 1 aromatic rings. The van der Waals surface area contributed by atoms with E-state index in [1.165, 1.54) is 0 Å². The summed E-state index contributed by atoms with van der Waals surface area (Å²) in [7, 11) is 0. The first-order valence-corrected chi connectivity index (χ1v) is 7.34. The molecule has 1 atom stereocenters. The minimum Gasteiger partial charge on any atom is -0.367 e. The Morgan fingerprint density at radius 1 is 1.35 bits per heavy atom. The standard InChI is InChI=1S/C15H28N4O/c1-13(2,3)17-9-12-16-10-18-19(12)11-8-14(4,5)20-15(11,6)7/h10-11,17H,8-9H2,1-7H3. The van der Waals surface area contributed by atoms with Gasteiger partial charge in [0.2, 0.25) is 0 Å². The largest absolute Gasteiger partial charge is 0.367 e. The third kappa shape index (κ3) is 3.38. The molecule has 0 spiro atoms. The van der Waals surface area contributed by atoms with Crippen LogP contribution in [0.5, 0.6) is 0 Å². The van der Waals surface area contributed by atoms with Gasteiger partial charge in [0.25, 0.3) is 0 Å². The summed E-state index contributed by atoms with van der Waals surface area (Å²) < 4.78 is 8.20. The third-order valence-corrected chi connectivity index (χ3v) is 3.75. The summed E-state index contributed by atoms with van der Waals surface area (Å²) in [5.74, 6) is 0.972. The highest BCUT2D eigenvalue weighted by Crippen LogP contribution is 2.44. The zero-order valence-corrected chi connectivity index (χ0v) is 13.8. The number of nitrogens with zero attached hydrogens (tertiary/aromatic N) is 3. The normalized spacial score (nSPS) is 25.1.